The van der Waals surface area contributed by atoms with Gasteiger partial charge in [-0.25, -0.2) is 9.97 Å². The molecule has 0 N–H and O–H groups in total. The fourth-order valence-electron chi connectivity index (χ4n) is 3.74. The zero-order chi connectivity index (χ0) is 23.3. The Morgan fingerprint density at radius 1 is 1.06 bits per heavy atom. The van der Waals surface area contributed by atoms with Crippen LogP contribution in [0.25, 0.3) is 21.6 Å². The molecule has 5 rings (SSSR count). The molecule has 0 radical (unpaired) electrons. The predicted molar refractivity (Wildman–Crippen MR) is 135 cm³/mol. The number of halogens is 1. The van der Waals surface area contributed by atoms with E-state index < -0.39 is 0 Å². The standard InChI is InChI=1S/C24H19ClN4O2S2/c1-13-5-4-6-20(15(13)3)29-22(31)18-8-7-16(25)9-19(18)27-24(29)33-12-17-10-21(30)28-14(2)11-32-23(28)26-17/h4-11H,12H2,1-3H3. The molecule has 33 heavy (non-hydrogen) atoms. The molecule has 2 aromatic carbocycles. The molecule has 0 aliphatic rings. The Bertz CT molecular complexity index is 1670. The van der Waals surface area contributed by atoms with E-state index in [0.717, 1.165) is 22.5 Å². The van der Waals surface area contributed by atoms with Gasteiger partial charge < -0.3 is 0 Å². The van der Waals surface area contributed by atoms with E-state index >= 15 is 0 Å². The van der Waals surface area contributed by atoms with Gasteiger partial charge in [0, 0.05) is 27.9 Å². The molecule has 0 amide bonds. The molecule has 5 aromatic rings. The second kappa shape index (κ2) is 8.44. The summed E-state index contributed by atoms with van der Waals surface area (Å²) in [7, 11) is 0. The van der Waals surface area contributed by atoms with Crippen LogP contribution in [0.3, 0.4) is 0 Å². The molecule has 3 heterocycles. The van der Waals surface area contributed by atoms with Crippen molar-refractivity contribution in [3.8, 4) is 5.69 Å². The lowest BCUT2D eigenvalue weighted by Gasteiger charge is -2.16. The van der Waals surface area contributed by atoms with Gasteiger partial charge in [0.25, 0.3) is 11.1 Å². The van der Waals surface area contributed by atoms with Crippen LogP contribution < -0.4 is 11.1 Å². The minimum absolute atomic E-state index is 0.112. The van der Waals surface area contributed by atoms with Gasteiger partial charge in [0.2, 0.25) is 0 Å². The van der Waals surface area contributed by atoms with Crippen LogP contribution >= 0.6 is 34.7 Å². The zero-order valence-electron chi connectivity index (χ0n) is 18.1. The van der Waals surface area contributed by atoms with Crippen molar-refractivity contribution >= 4 is 50.6 Å². The smallest absolute Gasteiger partial charge is 0.266 e. The summed E-state index contributed by atoms with van der Waals surface area (Å²) in [6, 6.07) is 12.5. The molecule has 166 valence electrons. The minimum atomic E-state index is -0.162. The number of rotatable bonds is 4. The third-order valence-corrected chi connectivity index (χ3v) is 7.75. The molecular formula is C24H19ClN4O2S2. The average molecular weight is 495 g/mol. The van der Waals surface area contributed by atoms with Crippen molar-refractivity contribution in [2.24, 2.45) is 0 Å². The monoisotopic (exact) mass is 494 g/mol. The molecule has 0 saturated heterocycles. The average Bonchev–Trinajstić information content (AvgIpc) is 3.15. The van der Waals surface area contributed by atoms with Crippen molar-refractivity contribution in [1.29, 1.82) is 0 Å². The number of hydrogen-bond acceptors (Lipinski definition) is 6. The van der Waals surface area contributed by atoms with Crippen LogP contribution in [-0.2, 0) is 5.75 Å². The first-order chi connectivity index (χ1) is 15.8. The fraction of sp³-hybridized carbons (Fsp3) is 0.167. The van der Waals surface area contributed by atoms with Crippen LogP contribution in [0, 0.1) is 20.8 Å². The highest BCUT2D eigenvalue weighted by molar-refractivity contribution is 7.98. The van der Waals surface area contributed by atoms with E-state index in [4.69, 9.17) is 16.6 Å². The summed E-state index contributed by atoms with van der Waals surface area (Å²) in [5.41, 5.74) is 4.63. The van der Waals surface area contributed by atoms with Crippen LogP contribution in [0.4, 0.5) is 0 Å². The van der Waals surface area contributed by atoms with Crippen LogP contribution in [0.15, 0.2) is 62.6 Å². The highest BCUT2D eigenvalue weighted by Gasteiger charge is 2.17. The maximum Gasteiger partial charge on any atom is 0.266 e. The molecule has 0 saturated carbocycles. The Morgan fingerprint density at radius 3 is 2.70 bits per heavy atom. The quantitative estimate of drug-likeness (QED) is 0.249. The van der Waals surface area contributed by atoms with Gasteiger partial charge in [0.1, 0.15) is 0 Å². The Hall–Kier alpha value is -2.94. The summed E-state index contributed by atoms with van der Waals surface area (Å²) in [6.07, 6.45) is 0. The largest absolute Gasteiger partial charge is 0.269 e. The maximum absolute atomic E-state index is 13.6. The van der Waals surface area contributed by atoms with Gasteiger partial charge in [0.15, 0.2) is 10.1 Å². The van der Waals surface area contributed by atoms with E-state index in [1.165, 1.54) is 29.2 Å². The first-order valence-corrected chi connectivity index (χ1v) is 12.5. The molecule has 0 fully saturated rings. The molecule has 6 nitrogen and oxygen atoms in total. The van der Waals surface area contributed by atoms with Crippen LogP contribution in [-0.4, -0.2) is 18.9 Å². The lowest BCUT2D eigenvalue weighted by Crippen LogP contribution is -2.23. The van der Waals surface area contributed by atoms with Crippen molar-refractivity contribution in [2.45, 2.75) is 31.7 Å². The molecule has 3 aromatic heterocycles. The number of thioether (sulfide) groups is 1. The molecule has 9 heteroatoms. The van der Waals surface area contributed by atoms with E-state index in [0.29, 0.717) is 37.5 Å². The van der Waals surface area contributed by atoms with Crippen molar-refractivity contribution in [2.75, 3.05) is 0 Å². The van der Waals surface area contributed by atoms with Crippen molar-refractivity contribution in [3.05, 3.63) is 96.1 Å². The van der Waals surface area contributed by atoms with E-state index in [1.54, 1.807) is 27.2 Å². The Morgan fingerprint density at radius 2 is 1.88 bits per heavy atom. The van der Waals surface area contributed by atoms with Crippen LogP contribution in [0.5, 0.6) is 0 Å². The summed E-state index contributed by atoms with van der Waals surface area (Å²) in [4.78, 5) is 36.2. The number of thiazole rings is 1. The highest BCUT2D eigenvalue weighted by atomic mass is 35.5. The van der Waals surface area contributed by atoms with Gasteiger partial charge in [0.05, 0.1) is 22.3 Å². The fourth-order valence-corrected chi connectivity index (χ4v) is 5.69. The van der Waals surface area contributed by atoms with E-state index in [9.17, 15) is 9.59 Å². The third kappa shape index (κ3) is 3.88. The van der Waals surface area contributed by atoms with Gasteiger partial charge in [-0.05, 0) is 56.2 Å². The number of benzene rings is 2. The number of hydrogen-bond donors (Lipinski definition) is 0. The molecule has 0 aliphatic carbocycles. The Labute approximate surface area is 202 Å². The molecule has 0 unspecified atom stereocenters. The number of aryl methyl sites for hydroxylation is 2. The number of fused-ring (bicyclic) bond motifs is 2. The topological polar surface area (TPSA) is 69.3 Å². The van der Waals surface area contributed by atoms with E-state index in [1.807, 2.05) is 44.4 Å². The van der Waals surface area contributed by atoms with Gasteiger partial charge in [-0.1, -0.05) is 35.5 Å². The molecule has 0 spiro atoms. The van der Waals surface area contributed by atoms with Crippen LogP contribution in [0.2, 0.25) is 5.02 Å². The Balaban J connectivity index is 1.66. The van der Waals surface area contributed by atoms with Gasteiger partial charge in [-0.15, -0.1) is 11.3 Å². The number of nitrogens with zero attached hydrogens (tertiary/aromatic N) is 4. The van der Waals surface area contributed by atoms with E-state index in [-0.39, 0.29) is 11.1 Å². The summed E-state index contributed by atoms with van der Waals surface area (Å²) in [5, 5.41) is 3.44. The minimum Gasteiger partial charge on any atom is -0.269 e. The lowest BCUT2D eigenvalue weighted by molar-refractivity contribution is 0.812. The van der Waals surface area contributed by atoms with E-state index in [2.05, 4.69) is 4.98 Å². The predicted octanol–water partition coefficient (Wildman–Crippen LogP) is 5.33. The normalized spacial score (nSPS) is 11.5. The molecule has 0 bridgehead atoms. The first-order valence-electron chi connectivity index (χ1n) is 10.2. The first kappa shape index (κ1) is 21.9. The molecule has 0 atom stereocenters. The van der Waals surface area contributed by atoms with Crippen molar-refractivity contribution < 1.29 is 0 Å². The highest BCUT2D eigenvalue weighted by Crippen LogP contribution is 2.27. The molecular weight excluding hydrogens is 476 g/mol. The van der Waals surface area contributed by atoms with Crippen LogP contribution in [0.1, 0.15) is 22.5 Å². The summed E-state index contributed by atoms with van der Waals surface area (Å²) >= 11 is 8.97. The second-order valence-corrected chi connectivity index (χ2v) is 10.0. The van der Waals surface area contributed by atoms with Crippen molar-refractivity contribution in [1.82, 2.24) is 18.9 Å². The lowest BCUT2D eigenvalue weighted by atomic mass is 10.1. The van der Waals surface area contributed by atoms with Gasteiger partial charge in [-0.3, -0.25) is 18.6 Å². The second-order valence-electron chi connectivity index (χ2n) is 7.78. The summed E-state index contributed by atoms with van der Waals surface area (Å²) < 4.78 is 3.24. The maximum atomic E-state index is 13.6. The molecule has 0 aliphatic heterocycles. The third-order valence-electron chi connectivity index (χ3n) is 5.60. The summed E-state index contributed by atoms with van der Waals surface area (Å²) in [6.45, 7) is 5.89. The number of aromatic nitrogens is 4. The van der Waals surface area contributed by atoms with Gasteiger partial charge >= 0.3 is 0 Å². The SMILES string of the molecule is Cc1cccc(-n2c(SCc3cc(=O)n4c(C)csc4n3)nc3cc(Cl)ccc3c2=O)c1C. The van der Waals surface area contributed by atoms with Crippen molar-refractivity contribution in [3.63, 3.8) is 0 Å². The zero-order valence-corrected chi connectivity index (χ0v) is 20.5. The van der Waals surface area contributed by atoms with Gasteiger partial charge in [-0.2, -0.15) is 0 Å². The summed E-state index contributed by atoms with van der Waals surface area (Å²) in [5.74, 6) is 0.395. The Kier molecular flexibility index (Phi) is 5.60.